The van der Waals surface area contributed by atoms with Crippen molar-refractivity contribution in [1.82, 2.24) is 0 Å². The van der Waals surface area contributed by atoms with Crippen LogP contribution in [-0.4, -0.2) is 37.4 Å². The Balaban J connectivity index is 1.58. The molecule has 1 atom stereocenters. The Labute approximate surface area is 169 Å². The minimum Gasteiger partial charge on any atom is -0.497 e. The van der Waals surface area contributed by atoms with Gasteiger partial charge in [-0.1, -0.05) is 31.2 Å². The maximum absolute atomic E-state index is 12.7. The summed E-state index contributed by atoms with van der Waals surface area (Å²) in [5, 5.41) is 0.425. The van der Waals surface area contributed by atoms with Gasteiger partial charge in [-0.25, -0.2) is 4.79 Å². The third kappa shape index (κ3) is 5.16. The molecule has 0 aliphatic carbocycles. The molecular weight excluding hydrogens is 374 g/mol. The van der Waals surface area contributed by atoms with Crippen LogP contribution in [0.4, 0.5) is 5.69 Å². The predicted octanol–water partition coefficient (Wildman–Crippen LogP) is 4.17. The summed E-state index contributed by atoms with van der Waals surface area (Å²) in [6.45, 7) is 2.49. The van der Waals surface area contributed by atoms with E-state index >= 15 is 0 Å². The highest BCUT2D eigenvalue weighted by Gasteiger charge is 2.24. The van der Waals surface area contributed by atoms with E-state index in [1.54, 1.807) is 29.8 Å². The van der Waals surface area contributed by atoms with Gasteiger partial charge in [-0.15, -0.1) is 11.8 Å². The molecule has 1 aliphatic rings. The van der Waals surface area contributed by atoms with E-state index in [4.69, 9.17) is 9.47 Å². The number of hydrogen-bond donors (Lipinski definition) is 0. The lowest BCUT2D eigenvalue weighted by molar-refractivity contribution is -0.142. The van der Waals surface area contributed by atoms with Gasteiger partial charge in [0.1, 0.15) is 5.75 Å². The molecule has 0 radical (unpaired) electrons. The van der Waals surface area contributed by atoms with E-state index in [1.807, 2.05) is 48.5 Å². The molecule has 0 unspecified atom stereocenters. The van der Waals surface area contributed by atoms with Crippen LogP contribution in [0.5, 0.6) is 5.75 Å². The molecule has 2 aromatic rings. The molecule has 2 aromatic carbocycles. The van der Waals surface area contributed by atoms with E-state index in [9.17, 15) is 9.59 Å². The number of benzene rings is 2. The number of methoxy groups -OCH3 is 1. The van der Waals surface area contributed by atoms with Gasteiger partial charge in [-0.05, 0) is 42.3 Å². The summed E-state index contributed by atoms with van der Waals surface area (Å²) in [5.41, 5.74) is 1.73. The number of thioether (sulfide) groups is 1. The van der Waals surface area contributed by atoms with Gasteiger partial charge >= 0.3 is 5.97 Å². The lowest BCUT2D eigenvalue weighted by atomic mass is 10.2. The smallest absolute Gasteiger partial charge is 0.331 e. The highest BCUT2D eigenvalue weighted by atomic mass is 32.2. The Morgan fingerprint density at radius 2 is 1.93 bits per heavy atom. The summed E-state index contributed by atoms with van der Waals surface area (Å²) in [4.78, 5) is 27.4. The van der Waals surface area contributed by atoms with Crippen molar-refractivity contribution < 1.29 is 19.1 Å². The summed E-state index contributed by atoms with van der Waals surface area (Å²) < 4.78 is 10.3. The second-order valence-corrected chi connectivity index (χ2v) is 7.92. The van der Waals surface area contributed by atoms with Gasteiger partial charge in [0.25, 0.3) is 5.91 Å². The third-order valence-electron chi connectivity index (χ3n) is 4.41. The summed E-state index contributed by atoms with van der Waals surface area (Å²) in [6, 6.07) is 15.1. The van der Waals surface area contributed by atoms with Gasteiger partial charge in [-0.3, -0.25) is 4.79 Å². The largest absolute Gasteiger partial charge is 0.497 e. The van der Waals surface area contributed by atoms with E-state index in [2.05, 4.69) is 6.92 Å². The zero-order chi connectivity index (χ0) is 19.9. The monoisotopic (exact) mass is 397 g/mol. The molecule has 0 aromatic heterocycles. The van der Waals surface area contributed by atoms with Crippen LogP contribution in [0.2, 0.25) is 0 Å². The molecule has 0 N–H and O–H groups in total. The number of amides is 1. The van der Waals surface area contributed by atoms with Crippen molar-refractivity contribution in [1.29, 1.82) is 0 Å². The van der Waals surface area contributed by atoms with Gasteiger partial charge in [-0.2, -0.15) is 0 Å². The standard InChI is InChI=1S/C22H23NO4S/c1-16-13-14-23(19-5-3-4-6-20(19)28-16)21(24)15-27-22(25)12-9-17-7-10-18(26-2)11-8-17/h3-12,16H,13-15H2,1-2H3/b12-9+/t16-/m1/s1. The van der Waals surface area contributed by atoms with E-state index in [1.165, 1.54) is 6.08 Å². The number of para-hydroxylation sites is 1. The van der Waals surface area contributed by atoms with Crippen molar-refractivity contribution in [2.45, 2.75) is 23.5 Å². The minimum absolute atomic E-state index is 0.214. The average molecular weight is 397 g/mol. The second-order valence-electron chi connectivity index (χ2n) is 6.44. The summed E-state index contributed by atoms with van der Waals surface area (Å²) >= 11 is 1.76. The van der Waals surface area contributed by atoms with Crippen molar-refractivity contribution in [3.05, 3.63) is 60.2 Å². The highest BCUT2D eigenvalue weighted by Crippen LogP contribution is 2.37. The van der Waals surface area contributed by atoms with Gasteiger partial charge in [0.05, 0.1) is 12.8 Å². The number of carbonyl (C=O) groups excluding carboxylic acids is 2. The Kier molecular flexibility index (Phi) is 6.76. The molecule has 1 heterocycles. The quantitative estimate of drug-likeness (QED) is 0.560. The fourth-order valence-corrected chi connectivity index (χ4v) is 4.00. The van der Waals surface area contributed by atoms with Crippen molar-refractivity contribution in [2.24, 2.45) is 0 Å². The Bertz CT molecular complexity index is 863. The van der Waals surface area contributed by atoms with Crippen LogP contribution < -0.4 is 9.64 Å². The van der Waals surface area contributed by atoms with E-state index in [-0.39, 0.29) is 12.5 Å². The first kappa shape index (κ1) is 20.0. The first-order valence-corrected chi connectivity index (χ1v) is 9.99. The average Bonchev–Trinajstić information content (AvgIpc) is 2.89. The van der Waals surface area contributed by atoms with Crippen LogP contribution in [0, 0.1) is 0 Å². The van der Waals surface area contributed by atoms with Crippen LogP contribution in [0.25, 0.3) is 6.08 Å². The van der Waals surface area contributed by atoms with Crippen LogP contribution in [0.1, 0.15) is 18.9 Å². The van der Waals surface area contributed by atoms with Crippen molar-refractivity contribution in [2.75, 3.05) is 25.2 Å². The van der Waals surface area contributed by atoms with E-state index in [0.29, 0.717) is 11.8 Å². The predicted molar refractivity (Wildman–Crippen MR) is 112 cm³/mol. The minimum atomic E-state index is -0.546. The van der Waals surface area contributed by atoms with Crippen LogP contribution in [0.3, 0.4) is 0 Å². The number of hydrogen-bond acceptors (Lipinski definition) is 5. The molecule has 0 fully saturated rings. The highest BCUT2D eigenvalue weighted by molar-refractivity contribution is 8.00. The molecule has 146 valence electrons. The van der Waals surface area contributed by atoms with Gasteiger partial charge in [0.15, 0.2) is 6.61 Å². The maximum Gasteiger partial charge on any atom is 0.331 e. The van der Waals surface area contributed by atoms with Crippen LogP contribution in [0.15, 0.2) is 59.5 Å². The third-order valence-corrected chi connectivity index (χ3v) is 5.65. The normalized spacial score (nSPS) is 16.4. The molecule has 0 saturated heterocycles. The second kappa shape index (κ2) is 9.46. The van der Waals surface area contributed by atoms with E-state index in [0.717, 1.165) is 28.3 Å². The number of nitrogens with zero attached hydrogens (tertiary/aromatic N) is 1. The molecule has 0 saturated carbocycles. The van der Waals surface area contributed by atoms with Crippen molar-refractivity contribution >= 4 is 35.4 Å². The Morgan fingerprint density at radius 1 is 1.18 bits per heavy atom. The fourth-order valence-electron chi connectivity index (χ4n) is 2.88. The maximum atomic E-state index is 12.7. The molecule has 1 aliphatic heterocycles. The van der Waals surface area contributed by atoms with Crippen LogP contribution >= 0.6 is 11.8 Å². The van der Waals surface area contributed by atoms with Gasteiger partial charge in [0.2, 0.25) is 0 Å². The zero-order valence-electron chi connectivity index (χ0n) is 16.0. The zero-order valence-corrected chi connectivity index (χ0v) is 16.8. The summed E-state index contributed by atoms with van der Waals surface area (Å²) in [7, 11) is 1.60. The molecule has 28 heavy (non-hydrogen) atoms. The number of anilines is 1. The molecular formula is C22H23NO4S. The SMILES string of the molecule is COc1ccc(/C=C/C(=O)OCC(=O)N2CC[C@@H](C)Sc3ccccc32)cc1. The number of fused-ring (bicyclic) bond motifs is 1. The number of esters is 1. The molecule has 0 spiro atoms. The summed E-state index contributed by atoms with van der Waals surface area (Å²) in [5.74, 6) is -0.0149. The fraction of sp³-hybridized carbons (Fsp3) is 0.273. The molecule has 5 nitrogen and oxygen atoms in total. The first-order valence-electron chi connectivity index (χ1n) is 9.12. The Hall–Kier alpha value is -2.73. The number of carbonyl (C=O) groups is 2. The molecule has 1 amide bonds. The lowest BCUT2D eigenvalue weighted by Gasteiger charge is -2.22. The van der Waals surface area contributed by atoms with E-state index < -0.39 is 5.97 Å². The van der Waals surface area contributed by atoms with Crippen molar-refractivity contribution in [3.8, 4) is 5.75 Å². The van der Waals surface area contributed by atoms with Gasteiger partial charge < -0.3 is 14.4 Å². The number of ether oxygens (including phenoxy) is 2. The van der Waals surface area contributed by atoms with Gasteiger partial charge in [0, 0.05) is 22.8 Å². The van der Waals surface area contributed by atoms with Crippen molar-refractivity contribution in [3.63, 3.8) is 0 Å². The molecule has 6 heteroatoms. The topological polar surface area (TPSA) is 55.8 Å². The molecule has 0 bridgehead atoms. The summed E-state index contributed by atoms with van der Waals surface area (Å²) in [6.07, 6.45) is 3.85. The Morgan fingerprint density at radius 3 is 2.68 bits per heavy atom. The number of rotatable bonds is 5. The van der Waals surface area contributed by atoms with Crippen LogP contribution in [-0.2, 0) is 14.3 Å². The first-order chi connectivity index (χ1) is 13.6. The molecule has 3 rings (SSSR count). The lowest BCUT2D eigenvalue weighted by Crippen LogP contribution is -2.35.